The summed E-state index contributed by atoms with van der Waals surface area (Å²) in [5.41, 5.74) is 1.94. The van der Waals surface area contributed by atoms with Crippen LogP contribution in [0.4, 0.5) is 5.69 Å². The first-order valence-electron chi connectivity index (χ1n) is 7.05. The number of hydrogen-bond acceptors (Lipinski definition) is 2. The molecule has 21 heavy (non-hydrogen) atoms. The topological polar surface area (TPSA) is 44.9 Å². The third-order valence-corrected chi connectivity index (χ3v) is 3.50. The van der Waals surface area contributed by atoms with Crippen molar-refractivity contribution in [2.45, 2.75) is 19.3 Å². The number of benzene rings is 1. The molecule has 1 aliphatic rings. The van der Waals surface area contributed by atoms with Gasteiger partial charge in [0.1, 0.15) is 0 Å². The predicted octanol–water partition coefficient (Wildman–Crippen LogP) is 3.58. The first kappa shape index (κ1) is 14.9. The number of anilines is 1. The van der Waals surface area contributed by atoms with Crippen molar-refractivity contribution in [3.63, 3.8) is 0 Å². The molecule has 1 saturated heterocycles. The summed E-state index contributed by atoms with van der Waals surface area (Å²) in [5.74, 6) is -1.20. The molecule has 0 radical (unpaired) electrons. The standard InChI is InChI=1S/C17H18N2O2/c1-18-16(17(20)21)7-5-6-14-8-10-15(11-9-14)19-12-3-2-4-13-19/h5-11H,2-4,12-13H2,(H,20,21)/b6-5+,16-7-. The Balaban J connectivity index is 2.02. The summed E-state index contributed by atoms with van der Waals surface area (Å²) in [6.45, 7) is 8.98. The monoisotopic (exact) mass is 282 g/mol. The Morgan fingerprint density at radius 2 is 1.86 bits per heavy atom. The third-order valence-electron chi connectivity index (χ3n) is 3.50. The lowest BCUT2D eigenvalue weighted by atomic mass is 10.1. The molecule has 2 rings (SSSR count). The van der Waals surface area contributed by atoms with Crippen molar-refractivity contribution >= 4 is 17.7 Å². The number of carbonyl (C=O) groups is 1. The van der Waals surface area contributed by atoms with Gasteiger partial charge in [-0.25, -0.2) is 4.85 Å². The van der Waals surface area contributed by atoms with Crippen LogP contribution in [0.15, 0.2) is 42.1 Å². The van der Waals surface area contributed by atoms with Crippen LogP contribution in [0.3, 0.4) is 0 Å². The molecule has 0 spiro atoms. The van der Waals surface area contributed by atoms with Gasteiger partial charge in [0.05, 0.1) is 6.57 Å². The van der Waals surface area contributed by atoms with Gasteiger partial charge < -0.3 is 10.0 Å². The second-order valence-electron chi connectivity index (χ2n) is 4.97. The summed E-state index contributed by atoms with van der Waals surface area (Å²) in [6.07, 6.45) is 8.53. The summed E-state index contributed by atoms with van der Waals surface area (Å²) in [4.78, 5) is 16.0. The normalized spacial score (nSPS) is 16.0. The van der Waals surface area contributed by atoms with Gasteiger partial charge in [-0.1, -0.05) is 24.3 Å². The summed E-state index contributed by atoms with van der Waals surface area (Å²) < 4.78 is 0. The lowest BCUT2D eigenvalue weighted by molar-refractivity contribution is -0.132. The highest BCUT2D eigenvalue weighted by atomic mass is 16.4. The Morgan fingerprint density at radius 1 is 1.19 bits per heavy atom. The maximum atomic E-state index is 10.7. The van der Waals surface area contributed by atoms with Gasteiger partial charge in [-0.15, -0.1) is 0 Å². The largest absolute Gasteiger partial charge is 0.486 e. The summed E-state index contributed by atoms with van der Waals surface area (Å²) in [7, 11) is 0. The van der Waals surface area contributed by atoms with Gasteiger partial charge in [0.25, 0.3) is 5.70 Å². The maximum Gasteiger partial charge on any atom is 0.333 e. The van der Waals surface area contributed by atoms with Crippen LogP contribution in [0.5, 0.6) is 0 Å². The predicted molar refractivity (Wildman–Crippen MR) is 83.9 cm³/mol. The van der Waals surface area contributed by atoms with Gasteiger partial charge in [0, 0.05) is 18.8 Å². The molecule has 0 saturated carbocycles. The van der Waals surface area contributed by atoms with Gasteiger partial charge >= 0.3 is 5.97 Å². The van der Waals surface area contributed by atoms with Crippen LogP contribution in [0.25, 0.3) is 10.9 Å². The Labute approximate surface area is 124 Å². The van der Waals surface area contributed by atoms with E-state index in [1.807, 2.05) is 12.1 Å². The molecule has 0 aliphatic carbocycles. The zero-order valence-electron chi connectivity index (χ0n) is 11.8. The number of nitrogens with zero attached hydrogens (tertiary/aromatic N) is 2. The summed E-state index contributed by atoms with van der Waals surface area (Å²) in [6, 6.07) is 8.18. The van der Waals surface area contributed by atoms with E-state index in [0.717, 1.165) is 18.7 Å². The van der Waals surface area contributed by atoms with E-state index in [-0.39, 0.29) is 5.70 Å². The lowest BCUT2D eigenvalue weighted by Crippen LogP contribution is -2.29. The van der Waals surface area contributed by atoms with Crippen LogP contribution in [0.2, 0.25) is 0 Å². The Hall–Kier alpha value is -2.54. The van der Waals surface area contributed by atoms with Crippen molar-refractivity contribution in [3.05, 3.63) is 59.1 Å². The van der Waals surface area contributed by atoms with Crippen LogP contribution in [-0.2, 0) is 4.79 Å². The van der Waals surface area contributed by atoms with E-state index in [1.54, 1.807) is 12.2 Å². The number of carboxylic acid groups (broad SMARTS) is 1. The van der Waals surface area contributed by atoms with Crippen LogP contribution in [0.1, 0.15) is 24.8 Å². The first-order valence-corrected chi connectivity index (χ1v) is 7.05. The minimum Gasteiger partial charge on any atom is -0.486 e. The highest BCUT2D eigenvalue weighted by Crippen LogP contribution is 2.20. The highest BCUT2D eigenvalue weighted by Gasteiger charge is 2.10. The zero-order valence-corrected chi connectivity index (χ0v) is 11.8. The number of allylic oxidation sites excluding steroid dienone is 2. The molecule has 108 valence electrons. The smallest absolute Gasteiger partial charge is 0.333 e. The summed E-state index contributed by atoms with van der Waals surface area (Å²) in [5, 5.41) is 8.73. The Morgan fingerprint density at radius 3 is 2.43 bits per heavy atom. The fourth-order valence-corrected chi connectivity index (χ4v) is 2.36. The molecule has 0 atom stereocenters. The van der Waals surface area contributed by atoms with Crippen molar-refractivity contribution in [2.75, 3.05) is 18.0 Å². The molecule has 0 aromatic heterocycles. The van der Waals surface area contributed by atoms with E-state index in [1.165, 1.54) is 31.0 Å². The van der Waals surface area contributed by atoms with Crippen molar-refractivity contribution in [3.8, 4) is 0 Å². The van der Waals surface area contributed by atoms with E-state index < -0.39 is 5.97 Å². The highest BCUT2D eigenvalue weighted by molar-refractivity contribution is 5.89. The molecule has 0 unspecified atom stereocenters. The number of piperidine rings is 1. The molecule has 1 aromatic carbocycles. The Kier molecular flexibility index (Phi) is 5.16. The molecule has 1 N–H and O–H groups in total. The van der Waals surface area contributed by atoms with Gasteiger partial charge in [-0.3, -0.25) is 4.79 Å². The van der Waals surface area contributed by atoms with Gasteiger partial charge in [0.15, 0.2) is 0 Å². The SMILES string of the molecule is [C-]#[N+]/C(=C\C=C\c1ccc(N2CCCCC2)cc1)C(=O)O. The fourth-order valence-electron chi connectivity index (χ4n) is 2.36. The van der Waals surface area contributed by atoms with Crippen LogP contribution in [0, 0.1) is 6.57 Å². The van der Waals surface area contributed by atoms with E-state index in [9.17, 15) is 4.79 Å². The van der Waals surface area contributed by atoms with Crippen molar-refractivity contribution in [2.24, 2.45) is 0 Å². The molecular weight excluding hydrogens is 264 g/mol. The maximum absolute atomic E-state index is 10.7. The molecule has 1 aromatic rings. The van der Waals surface area contributed by atoms with E-state index in [4.69, 9.17) is 11.7 Å². The molecule has 1 fully saturated rings. The summed E-state index contributed by atoms with van der Waals surface area (Å²) >= 11 is 0. The van der Waals surface area contributed by atoms with Crippen molar-refractivity contribution < 1.29 is 9.90 Å². The number of aliphatic carboxylic acids is 1. The second-order valence-corrected chi connectivity index (χ2v) is 4.97. The Bertz CT molecular complexity index is 588. The minimum absolute atomic E-state index is 0.281. The lowest BCUT2D eigenvalue weighted by Gasteiger charge is -2.28. The van der Waals surface area contributed by atoms with Gasteiger partial charge in [-0.05, 0) is 43.0 Å². The van der Waals surface area contributed by atoms with Gasteiger partial charge in [0.2, 0.25) is 0 Å². The molecule has 4 nitrogen and oxygen atoms in total. The zero-order chi connectivity index (χ0) is 15.1. The van der Waals surface area contributed by atoms with E-state index in [2.05, 4.69) is 21.9 Å². The number of carboxylic acids is 1. The van der Waals surface area contributed by atoms with E-state index in [0.29, 0.717) is 0 Å². The molecule has 1 heterocycles. The number of rotatable bonds is 4. The fraction of sp³-hybridized carbons (Fsp3) is 0.294. The van der Waals surface area contributed by atoms with Crippen molar-refractivity contribution in [1.82, 2.24) is 0 Å². The first-order chi connectivity index (χ1) is 10.2. The van der Waals surface area contributed by atoms with Crippen molar-refractivity contribution in [1.29, 1.82) is 0 Å². The van der Waals surface area contributed by atoms with Crippen LogP contribution in [-0.4, -0.2) is 24.2 Å². The minimum atomic E-state index is -1.20. The van der Waals surface area contributed by atoms with Crippen LogP contribution < -0.4 is 4.90 Å². The molecule has 1 aliphatic heterocycles. The average molecular weight is 282 g/mol. The average Bonchev–Trinajstić information content (AvgIpc) is 2.53. The number of hydrogen-bond donors (Lipinski definition) is 1. The van der Waals surface area contributed by atoms with Crippen LogP contribution >= 0.6 is 0 Å². The van der Waals surface area contributed by atoms with E-state index >= 15 is 0 Å². The molecule has 0 bridgehead atoms. The third kappa shape index (κ3) is 4.22. The molecular formula is C17H18N2O2. The second kappa shape index (κ2) is 7.30. The molecule has 0 amide bonds. The van der Waals surface area contributed by atoms with Gasteiger partial charge in [-0.2, -0.15) is 0 Å². The molecule has 4 heteroatoms. The quantitative estimate of drug-likeness (QED) is 0.521.